The van der Waals surface area contributed by atoms with Crippen molar-refractivity contribution in [3.63, 3.8) is 0 Å². The standard InChI is InChI=1S/C16H11BrClN3O3/c17-9-4-5-13-12(6-9)15(16(23)19-13)21-20-14(22)8-24-11-3-1-2-10(18)7-11/h1-7,19,23H,8H2. The molecule has 3 rings (SSSR count). The number of hydrogen-bond donors (Lipinski definition) is 2. The lowest BCUT2D eigenvalue weighted by Crippen LogP contribution is -2.07. The molecule has 0 saturated heterocycles. The molecule has 0 spiro atoms. The summed E-state index contributed by atoms with van der Waals surface area (Å²) in [5.74, 6) is -0.279. The summed E-state index contributed by atoms with van der Waals surface area (Å²) in [7, 11) is 0. The Bertz CT molecular complexity index is 939. The van der Waals surface area contributed by atoms with Crippen LogP contribution in [0.15, 0.2) is 57.2 Å². The molecule has 2 N–H and O–H groups in total. The van der Waals surface area contributed by atoms with E-state index in [1.54, 1.807) is 36.4 Å². The molecule has 0 radical (unpaired) electrons. The van der Waals surface area contributed by atoms with Crippen LogP contribution in [0.1, 0.15) is 0 Å². The highest BCUT2D eigenvalue weighted by atomic mass is 79.9. The van der Waals surface area contributed by atoms with Crippen LogP contribution >= 0.6 is 27.5 Å². The summed E-state index contributed by atoms with van der Waals surface area (Å²) < 4.78 is 6.11. The number of azo groups is 1. The fourth-order valence-corrected chi connectivity index (χ4v) is 2.61. The van der Waals surface area contributed by atoms with Crippen molar-refractivity contribution in [2.75, 3.05) is 6.61 Å². The summed E-state index contributed by atoms with van der Waals surface area (Å²) >= 11 is 9.18. The van der Waals surface area contributed by atoms with Gasteiger partial charge < -0.3 is 14.8 Å². The molecule has 24 heavy (non-hydrogen) atoms. The van der Waals surface area contributed by atoms with Crippen LogP contribution in [-0.4, -0.2) is 22.6 Å². The van der Waals surface area contributed by atoms with E-state index in [1.807, 2.05) is 6.07 Å². The molecule has 1 heterocycles. The first-order valence-corrected chi connectivity index (χ1v) is 8.03. The number of amides is 1. The number of aromatic hydroxyl groups is 1. The van der Waals surface area contributed by atoms with Gasteiger partial charge in [0.2, 0.25) is 5.88 Å². The predicted molar refractivity (Wildman–Crippen MR) is 94.1 cm³/mol. The first-order valence-electron chi connectivity index (χ1n) is 6.86. The molecule has 0 saturated carbocycles. The second-order valence-electron chi connectivity index (χ2n) is 4.85. The fourth-order valence-electron chi connectivity index (χ4n) is 2.07. The Morgan fingerprint density at radius 3 is 2.92 bits per heavy atom. The molecule has 3 aromatic rings. The van der Waals surface area contributed by atoms with Gasteiger partial charge in [0.05, 0.1) is 5.52 Å². The number of rotatable bonds is 4. The fraction of sp³-hybridized carbons (Fsp3) is 0.0625. The molecule has 8 heteroatoms. The molecule has 2 aromatic carbocycles. The number of halogens is 2. The van der Waals surface area contributed by atoms with Crippen LogP contribution < -0.4 is 4.74 Å². The molecular formula is C16H11BrClN3O3. The molecule has 0 aliphatic rings. The molecule has 0 bridgehead atoms. The average molecular weight is 409 g/mol. The maximum absolute atomic E-state index is 11.8. The quantitative estimate of drug-likeness (QED) is 0.597. The van der Waals surface area contributed by atoms with Crippen molar-refractivity contribution in [3.05, 3.63) is 52.0 Å². The molecule has 0 fully saturated rings. The summed E-state index contributed by atoms with van der Waals surface area (Å²) in [5.41, 5.74) is 0.884. The summed E-state index contributed by atoms with van der Waals surface area (Å²) in [4.78, 5) is 14.6. The monoisotopic (exact) mass is 407 g/mol. The van der Waals surface area contributed by atoms with E-state index >= 15 is 0 Å². The van der Waals surface area contributed by atoms with Gasteiger partial charge in [0.1, 0.15) is 5.75 Å². The minimum atomic E-state index is -0.585. The lowest BCUT2D eigenvalue weighted by atomic mass is 10.2. The molecule has 6 nitrogen and oxygen atoms in total. The summed E-state index contributed by atoms with van der Waals surface area (Å²) in [6.45, 7) is -0.281. The van der Waals surface area contributed by atoms with Crippen LogP contribution in [0.4, 0.5) is 5.69 Å². The number of fused-ring (bicyclic) bond motifs is 1. The van der Waals surface area contributed by atoms with Crippen LogP contribution in [0.25, 0.3) is 10.9 Å². The van der Waals surface area contributed by atoms with E-state index < -0.39 is 5.91 Å². The van der Waals surface area contributed by atoms with Crippen molar-refractivity contribution in [1.29, 1.82) is 0 Å². The molecule has 122 valence electrons. The topological polar surface area (TPSA) is 87.0 Å². The predicted octanol–water partition coefficient (Wildman–Crippen LogP) is 4.98. The highest BCUT2D eigenvalue weighted by molar-refractivity contribution is 9.10. The molecule has 0 aliphatic heterocycles. The summed E-state index contributed by atoms with van der Waals surface area (Å²) in [5, 5.41) is 18.5. The van der Waals surface area contributed by atoms with E-state index in [0.717, 1.165) is 4.47 Å². The Morgan fingerprint density at radius 1 is 1.29 bits per heavy atom. The van der Waals surface area contributed by atoms with Crippen LogP contribution in [0.3, 0.4) is 0 Å². The number of carbonyl (C=O) groups is 1. The van der Waals surface area contributed by atoms with Crippen molar-refractivity contribution in [1.82, 2.24) is 4.98 Å². The number of nitrogens with zero attached hydrogens (tertiary/aromatic N) is 2. The first-order chi connectivity index (χ1) is 11.5. The third-order valence-corrected chi connectivity index (χ3v) is 3.86. The summed E-state index contributed by atoms with van der Waals surface area (Å²) in [6, 6.07) is 12.1. The van der Waals surface area contributed by atoms with Gasteiger partial charge >= 0.3 is 5.91 Å². The zero-order valence-corrected chi connectivity index (χ0v) is 14.5. The second-order valence-corrected chi connectivity index (χ2v) is 6.20. The van der Waals surface area contributed by atoms with Gasteiger partial charge in [-0.15, -0.1) is 10.2 Å². The number of benzene rings is 2. The molecule has 0 unspecified atom stereocenters. The highest BCUT2D eigenvalue weighted by Gasteiger charge is 2.11. The average Bonchev–Trinajstić information content (AvgIpc) is 2.86. The number of aromatic nitrogens is 1. The molecule has 0 atom stereocenters. The number of H-pyrrole nitrogens is 1. The van der Waals surface area contributed by atoms with Gasteiger partial charge in [0, 0.05) is 14.9 Å². The van der Waals surface area contributed by atoms with E-state index in [0.29, 0.717) is 21.7 Å². The maximum Gasteiger partial charge on any atom is 0.302 e. The van der Waals surface area contributed by atoms with E-state index in [9.17, 15) is 9.90 Å². The van der Waals surface area contributed by atoms with Gasteiger partial charge in [-0.25, -0.2) is 0 Å². The minimum Gasteiger partial charge on any atom is -0.493 e. The van der Waals surface area contributed by atoms with Crippen LogP contribution in [-0.2, 0) is 4.79 Å². The minimum absolute atomic E-state index is 0.157. The van der Waals surface area contributed by atoms with Crippen molar-refractivity contribution in [2.24, 2.45) is 10.2 Å². The molecule has 0 aliphatic carbocycles. The lowest BCUT2D eigenvalue weighted by Gasteiger charge is -2.02. The van der Waals surface area contributed by atoms with E-state index in [1.165, 1.54) is 0 Å². The largest absolute Gasteiger partial charge is 0.493 e. The molecule has 1 aromatic heterocycles. The van der Waals surface area contributed by atoms with Gasteiger partial charge in [-0.3, -0.25) is 4.79 Å². The number of carbonyl (C=O) groups excluding carboxylic acids is 1. The molecular weight excluding hydrogens is 398 g/mol. The van der Waals surface area contributed by atoms with Crippen LogP contribution in [0.2, 0.25) is 5.02 Å². The van der Waals surface area contributed by atoms with Gasteiger partial charge in [-0.1, -0.05) is 33.6 Å². The smallest absolute Gasteiger partial charge is 0.302 e. The third kappa shape index (κ3) is 3.74. The zero-order chi connectivity index (χ0) is 17.1. The number of hydrogen-bond acceptors (Lipinski definition) is 4. The third-order valence-electron chi connectivity index (χ3n) is 3.13. The molecule has 1 amide bonds. The van der Waals surface area contributed by atoms with Gasteiger partial charge in [0.15, 0.2) is 12.3 Å². The zero-order valence-electron chi connectivity index (χ0n) is 12.2. The van der Waals surface area contributed by atoms with Crippen LogP contribution in [0.5, 0.6) is 11.6 Å². The Hall–Kier alpha value is -2.38. The maximum atomic E-state index is 11.8. The van der Waals surface area contributed by atoms with E-state index in [4.69, 9.17) is 16.3 Å². The van der Waals surface area contributed by atoms with Crippen molar-refractivity contribution < 1.29 is 14.6 Å². The highest BCUT2D eigenvalue weighted by Crippen LogP contribution is 2.36. The number of ether oxygens (including phenoxy) is 1. The Kier molecular flexibility index (Phi) is 4.82. The first kappa shape index (κ1) is 16.5. The SMILES string of the molecule is O=C(COc1cccc(Cl)c1)N=Nc1c(O)[nH]c2ccc(Br)cc12. The number of nitrogens with one attached hydrogen (secondary N) is 1. The summed E-state index contributed by atoms with van der Waals surface area (Å²) in [6.07, 6.45) is 0. The lowest BCUT2D eigenvalue weighted by molar-refractivity contribution is -0.120. The van der Waals surface area contributed by atoms with Crippen molar-refractivity contribution in [2.45, 2.75) is 0 Å². The normalized spacial score (nSPS) is 11.2. The second kappa shape index (κ2) is 7.02. The Balaban J connectivity index is 1.72. The Morgan fingerprint density at radius 2 is 2.12 bits per heavy atom. The van der Waals surface area contributed by atoms with Gasteiger partial charge in [0.25, 0.3) is 0 Å². The van der Waals surface area contributed by atoms with Gasteiger partial charge in [-0.2, -0.15) is 0 Å². The van der Waals surface area contributed by atoms with E-state index in [2.05, 4.69) is 31.1 Å². The number of aromatic amines is 1. The van der Waals surface area contributed by atoms with Crippen molar-refractivity contribution >= 4 is 50.0 Å². The van der Waals surface area contributed by atoms with E-state index in [-0.39, 0.29) is 18.2 Å². The van der Waals surface area contributed by atoms with Crippen molar-refractivity contribution in [3.8, 4) is 11.6 Å². The Labute approximate surface area is 150 Å². The van der Waals surface area contributed by atoms with Gasteiger partial charge in [-0.05, 0) is 36.4 Å². The van der Waals surface area contributed by atoms with Crippen LogP contribution in [0, 0.1) is 0 Å².